The summed E-state index contributed by atoms with van der Waals surface area (Å²) in [6, 6.07) is 0. The summed E-state index contributed by atoms with van der Waals surface area (Å²) in [4.78, 5) is 0. The van der Waals surface area contributed by atoms with E-state index in [2.05, 4.69) is 0 Å². The lowest BCUT2D eigenvalue weighted by molar-refractivity contribution is -0.117. The second kappa shape index (κ2) is 5.03. The van der Waals surface area contributed by atoms with Crippen molar-refractivity contribution in [2.24, 2.45) is 0 Å². The average molecular weight is 120 g/mol. The Morgan fingerprint density at radius 2 is 2.25 bits per heavy atom. The molecule has 0 aliphatic heterocycles. The van der Waals surface area contributed by atoms with Gasteiger partial charge in [0, 0.05) is 7.11 Å². The van der Waals surface area contributed by atoms with E-state index in [-0.39, 0.29) is 12.9 Å². The molecule has 0 aromatic carbocycles. The zero-order valence-corrected chi connectivity index (χ0v) is 5.26. The normalized spacial score (nSPS) is 13.9. The molecule has 0 heterocycles. The van der Waals surface area contributed by atoms with E-state index in [9.17, 15) is 0 Å². The number of hydrogen-bond acceptors (Lipinski definition) is 3. The van der Waals surface area contributed by atoms with Gasteiger partial charge in [-0.3, -0.25) is 0 Å². The van der Waals surface area contributed by atoms with Crippen molar-refractivity contribution in [2.75, 3.05) is 20.3 Å². The van der Waals surface area contributed by atoms with Crippen LogP contribution in [0.2, 0.25) is 0 Å². The lowest BCUT2D eigenvalue weighted by Gasteiger charge is -2.08. The minimum Gasteiger partial charge on any atom is -0.394 e. The Hall–Kier alpha value is -0.120. The van der Waals surface area contributed by atoms with Crippen LogP contribution in [-0.4, -0.2) is 31.7 Å². The van der Waals surface area contributed by atoms with Crippen molar-refractivity contribution < 1.29 is 14.6 Å². The van der Waals surface area contributed by atoms with Crippen molar-refractivity contribution in [3.05, 3.63) is 0 Å². The summed E-state index contributed by atoms with van der Waals surface area (Å²) in [5, 5.41) is 8.23. The number of ether oxygens (including phenoxy) is 2. The monoisotopic (exact) mass is 120 g/mol. The lowest BCUT2D eigenvalue weighted by Crippen LogP contribution is -2.12. The second-order valence-corrected chi connectivity index (χ2v) is 1.40. The van der Waals surface area contributed by atoms with E-state index in [0.717, 1.165) is 0 Å². The Balaban J connectivity index is 2.86. The average Bonchev–Trinajstić information content (AvgIpc) is 1.83. The molecule has 1 atom stereocenters. The molecular weight excluding hydrogens is 108 g/mol. The SMILES string of the molecule is COC(C)OCCO. The van der Waals surface area contributed by atoms with E-state index >= 15 is 0 Å². The van der Waals surface area contributed by atoms with E-state index < -0.39 is 0 Å². The highest BCUT2D eigenvalue weighted by molar-refractivity contribution is 4.27. The van der Waals surface area contributed by atoms with Gasteiger partial charge >= 0.3 is 0 Å². The second-order valence-electron chi connectivity index (χ2n) is 1.40. The number of aliphatic hydroxyl groups is 1. The minimum atomic E-state index is -0.206. The van der Waals surface area contributed by atoms with E-state index in [1.165, 1.54) is 0 Å². The Labute approximate surface area is 49.2 Å². The van der Waals surface area contributed by atoms with Gasteiger partial charge in [0.05, 0.1) is 13.2 Å². The van der Waals surface area contributed by atoms with Crippen molar-refractivity contribution in [3.8, 4) is 0 Å². The Bertz CT molecular complexity index is 46.9. The highest BCUT2D eigenvalue weighted by Crippen LogP contribution is 1.87. The number of aliphatic hydroxyl groups excluding tert-OH is 1. The molecule has 0 spiro atoms. The van der Waals surface area contributed by atoms with Crippen molar-refractivity contribution in [1.82, 2.24) is 0 Å². The number of methoxy groups -OCH3 is 1. The summed E-state index contributed by atoms with van der Waals surface area (Å²) in [7, 11) is 1.56. The summed E-state index contributed by atoms with van der Waals surface area (Å²) >= 11 is 0. The first kappa shape index (κ1) is 7.88. The molecule has 0 amide bonds. The molecule has 50 valence electrons. The standard InChI is InChI=1S/C5H12O3/c1-5(7-2)8-4-3-6/h5-6H,3-4H2,1-2H3. The Morgan fingerprint density at radius 1 is 1.62 bits per heavy atom. The third-order valence-corrected chi connectivity index (χ3v) is 0.776. The Kier molecular flexibility index (Phi) is 4.95. The molecule has 8 heavy (non-hydrogen) atoms. The third kappa shape index (κ3) is 4.05. The van der Waals surface area contributed by atoms with E-state index in [1.807, 2.05) is 0 Å². The molecular formula is C5H12O3. The van der Waals surface area contributed by atoms with Gasteiger partial charge in [-0.15, -0.1) is 0 Å². The van der Waals surface area contributed by atoms with Crippen LogP contribution in [0.3, 0.4) is 0 Å². The molecule has 0 aliphatic carbocycles. The summed E-state index contributed by atoms with van der Waals surface area (Å²) < 4.78 is 9.59. The van der Waals surface area contributed by atoms with Gasteiger partial charge in [0.1, 0.15) is 0 Å². The van der Waals surface area contributed by atoms with Crippen LogP contribution >= 0.6 is 0 Å². The van der Waals surface area contributed by atoms with Crippen molar-refractivity contribution in [1.29, 1.82) is 0 Å². The van der Waals surface area contributed by atoms with Crippen LogP contribution < -0.4 is 0 Å². The molecule has 3 heteroatoms. The fraction of sp³-hybridized carbons (Fsp3) is 1.00. The van der Waals surface area contributed by atoms with Gasteiger partial charge in [-0.2, -0.15) is 0 Å². The molecule has 0 aromatic heterocycles. The van der Waals surface area contributed by atoms with Crippen LogP contribution in [0.5, 0.6) is 0 Å². The predicted octanol–water partition coefficient (Wildman–Crippen LogP) is -0.0123. The fourth-order valence-electron chi connectivity index (χ4n) is 0.287. The molecule has 0 radical (unpaired) electrons. The van der Waals surface area contributed by atoms with Crippen LogP contribution in [0.1, 0.15) is 6.92 Å². The molecule has 0 saturated heterocycles. The van der Waals surface area contributed by atoms with Crippen LogP contribution in [0, 0.1) is 0 Å². The van der Waals surface area contributed by atoms with Gasteiger partial charge in [-0.1, -0.05) is 0 Å². The zero-order valence-electron chi connectivity index (χ0n) is 5.26. The minimum absolute atomic E-state index is 0.0493. The van der Waals surface area contributed by atoms with Crippen LogP contribution in [-0.2, 0) is 9.47 Å². The van der Waals surface area contributed by atoms with Crippen molar-refractivity contribution in [3.63, 3.8) is 0 Å². The van der Waals surface area contributed by atoms with E-state index in [0.29, 0.717) is 6.61 Å². The van der Waals surface area contributed by atoms with Crippen LogP contribution in [0.15, 0.2) is 0 Å². The van der Waals surface area contributed by atoms with Gasteiger partial charge in [0.25, 0.3) is 0 Å². The quantitative estimate of drug-likeness (QED) is 0.530. The first-order chi connectivity index (χ1) is 3.81. The molecule has 0 rings (SSSR count). The zero-order chi connectivity index (χ0) is 6.41. The first-order valence-corrected chi connectivity index (χ1v) is 2.56. The topological polar surface area (TPSA) is 38.7 Å². The third-order valence-electron chi connectivity index (χ3n) is 0.776. The fourth-order valence-corrected chi connectivity index (χ4v) is 0.287. The maximum absolute atomic E-state index is 8.23. The summed E-state index contributed by atoms with van der Waals surface area (Å²) in [5.41, 5.74) is 0. The molecule has 1 unspecified atom stereocenters. The summed E-state index contributed by atoms with van der Waals surface area (Å²) in [6.07, 6.45) is -0.206. The van der Waals surface area contributed by atoms with Gasteiger partial charge < -0.3 is 14.6 Å². The molecule has 0 aromatic rings. The summed E-state index contributed by atoms with van der Waals surface area (Å²) in [5.74, 6) is 0. The summed E-state index contributed by atoms with van der Waals surface area (Å²) in [6.45, 7) is 2.17. The predicted molar refractivity (Wildman–Crippen MR) is 29.5 cm³/mol. The van der Waals surface area contributed by atoms with E-state index in [1.54, 1.807) is 14.0 Å². The Morgan fingerprint density at radius 3 is 2.62 bits per heavy atom. The van der Waals surface area contributed by atoms with Gasteiger partial charge in [0.2, 0.25) is 0 Å². The molecule has 0 bridgehead atoms. The smallest absolute Gasteiger partial charge is 0.154 e. The molecule has 0 fully saturated rings. The maximum Gasteiger partial charge on any atom is 0.154 e. The largest absolute Gasteiger partial charge is 0.394 e. The van der Waals surface area contributed by atoms with Gasteiger partial charge in [0.15, 0.2) is 6.29 Å². The molecule has 1 N–H and O–H groups in total. The van der Waals surface area contributed by atoms with Gasteiger partial charge in [-0.25, -0.2) is 0 Å². The number of hydrogen-bond donors (Lipinski definition) is 1. The van der Waals surface area contributed by atoms with Crippen molar-refractivity contribution >= 4 is 0 Å². The number of rotatable bonds is 4. The molecule has 0 aliphatic rings. The van der Waals surface area contributed by atoms with Crippen LogP contribution in [0.25, 0.3) is 0 Å². The first-order valence-electron chi connectivity index (χ1n) is 2.56. The van der Waals surface area contributed by atoms with Crippen molar-refractivity contribution in [2.45, 2.75) is 13.2 Å². The molecule has 0 saturated carbocycles. The van der Waals surface area contributed by atoms with Gasteiger partial charge in [-0.05, 0) is 6.92 Å². The van der Waals surface area contributed by atoms with E-state index in [4.69, 9.17) is 14.6 Å². The highest BCUT2D eigenvalue weighted by Gasteiger charge is 1.94. The highest BCUT2D eigenvalue weighted by atomic mass is 16.7. The molecule has 3 nitrogen and oxygen atoms in total. The van der Waals surface area contributed by atoms with Crippen LogP contribution in [0.4, 0.5) is 0 Å². The lowest BCUT2D eigenvalue weighted by atomic mass is 10.7. The maximum atomic E-state index is 8.23.